The smallest absolute Gasteiger partial charge is 0.0643 e. The molecule has 1 aromatic carbocycles. The van der Waals surface area contributed by atoms with Gasteiger partial charge in [-0.25, -0.2) is 0 Å². The van der Waals surface area contributed by atoms with E-state index in [2.05, 4.69) is 64.3 Å². The van der Waals surface area contributed by atoms with Crippen molar-refractivity contribution in [3.05, 3.63) is 28.2 Å². The Balaban J connectivity index is 2.29. The van der Waals surface area contributed by atoms with Gasteiger partial charge in [0.05, 0.1) is 18.5 Å². The van der Waals surface area contributed by atoms with Crippen molar-refractivity contribution in [2.45, 2.75) is 32.4 Å². The van der Waals surface area contributed by atoms with Crippen LogP contribution in [0.5, 0.6) is 0 Å². The van der Waals surface area contributed by atoms with Gasteiger partial charge in [-0.1, -0.05) is 15.9 Å². The van der Waals surface area contributed by atoms with E-state index in [9.17, 15) is 0 Å². The minimum Gasteiger partial charge on any atom is -0.364 e. The molecule has 1 aliphatic heterocycles. The number of aryl methyl sites for hydroxylation is 1. The molecule has 96 valence electrons. The first kappa shape index (κ1) is 13.4. The number of hydrogen-bond acceptors (Lipinski definition) is 3. The quantitative estimate of drug-likeness (QED) is 0.913. The summed E-state index contributed by atoms with van der Waals surface area (Å²) >= 11 is 3.49. The maximum absolute atomic E-state index is 8.95. The minimum atomic E-state index is 0.270. The number of nitrogens with one attached hydrogen (secondary N) is 1. The fourth-order valence-corrected chi connectivity index (χ4v) is 2.96. The molecule has 1 N–H and O–H groups in total. The van der Waals surface area contributed by atoms with Crippen LogP contribution in [0.1, 0.15) is 18.9 Å². The van der Waals surface area contributed by atoms with Crippen molar-refractivity contribution in [2.24, 2.45) is 0 Å². The fourth-order valence-electron chi connectivity index (χ4n) is 2.48. The van der Waals surface area contributed by atoms with Gasteiger partial charge in [0.15, 0.2) is 0 Å². The summed E-state index contributed by atoms with van der Waals surface area (Å²) in [6.07, 6.45) is 0.565. The van der Waals surface area contributed by atoms with E-state index in [1.54, 1.807) is 0 Å². The van der Waals surface area contributed by atoms with Gasteiger partial charge < -0.3 is 10.2 Å². The second kappa shape index (κ2) is 5.73. The summed E-state index contributed by atoms with van der Waals surface area (Å²) in [5.41, 5.74) is 2.49. The largest absolute Gasteiger partial charge is 0.364 e. The third-order valence-corrected chi connectivity index (χ3v) is 3.90. The van der Waals surface area contributed by atoms with Gasteiger partial charge in [0.2, 0.25) is 0 Å². The Kier molecular flexibility index (Phi) is 4.26. The molecular weight excluding hydrogens is 290 g/mol. The van der Waals surface area contributed by atoms with Crippen molar-refractivity contribution in [3.63, 3.8) is 0 Å². The molecule has 0 amide bonds. The average molecular weight is 308 g/mol. The van der Waals surface area contributed by atoms with Gasteiger partial charge in [0.1, 0.15) is 0 Å². The number of halogens is 1. The van der Waals surface area contributed by atoms with Gasteiger partial charge >= 0.3 is 0 Å². The Bertz CT molecular complexity index is 467. The number of benzene rings is 1. The highest BCUT2D eigenvalue weighted by molar-refractivity contribution is 9.10. The third-order valence-electron chi connectivity index (χ3n) is 3.41. The van der Waals surface area contributed by atoms with E-state index in [-0.39, 0.29) is 6.04 Å². The van der Waals surface area contributed by atoms with Crippen LogP contribution in [0.2, 0.25) is 0 Å². The maximum atomic E-state index is 8.95. The van der Waals surface area contributed by atoms with Crippen molar-refractivity contribution in [3.8, 4) is 6.07 Å². The Hall–Kier alpha value is -1.05. The van der Waals surface area contributed by atoms with Crippen LogP contribution in [0.25, 0.3) is 0 Å². The van der Waals surface area contributed by atoms with Gasteiger partial charge in [-0.15, -0.1) is 0 Å². The highest BCUT2D eigenvalue weighted by Crippen LogP contribution is 2.27. The lowest BCUT2D eigenvalue weighted by molar-refractivity contribution is 0.411. The van der Waals surface area contributed by atoms with Crippen molar-refractivity contribution in [1.29, 1.82) is 5.26 Å². The van der Waals surface area contributed by atoms with E-state index >= 15 is 0 Å². The number of piperazine rings is 1. The van der Waals surface area contributed by atoms with Gasteiger partial charge in [-0.2, -0.15) is 5.26 Å². The normalized spacial score (nSPS) is 23.8. The van der Waals surface area contributed by atoms with Crippen molar-refractivity contribution >= 4 is 21.6 Å². The number of nitrogens with zero attached hydrogens (tertiary/aromatic N) is 2. The predicted molar refractivity (Wildman–Crippen MR) is 77.7 cm³/mol. The summed E-state index contributed by atoms with van der Waals surface area (Å²) in [7, 11) is 0. The molecule has 2 atom stereocenters. The number of anilines is 1. The van der Waals surface area contributed by atoms with Crippen LogP contribution in [0, 0.1) is 18.3 Å². The van der Waals surface area contributed by atoms with Crippen molar-refractivity contribution in [2.75, 3.05) is 18.0 Å². The molecule has 0 aromatic heterocycles. The number of rotatable bonds is 2. The summed E-state index contributed by atoms with van der Waals surface area (Å²) in [4.78, 5) is 2.37. The molecule has 0 bridgehead atoms. The SMILES string of the molecule is Cc1cc(Br)ccc1N1CC(C)NCC1CC#N. The topological polar surface area (TPSA) is 39.1 Å². The molecular formula is C14H18BrN3. The van der Waals surface area contributed by atoms with Gasteiger partial charge in [0.25, 0.3) is 0 Å². The van der Waals surface area contributed by atoms with E-state index in [1.807, 2.05) is 0 Å². The van der Waals surface area contributed by atoms with Crippen LogP contribution < -0.4 is 10.2 Å². The van der Waals surface area contributed by atoms with E-state index in [1.165, 1.54) is 11.3 Å². The molecule has 3 nitrogen and oxygen atoms in total. The van der Waals surface area contributed by atoms with Crippen LogP contribution in [0.3, 0.4) is 0 Å². The average Bonchev–Trinajstić information content (AvgIpc) is 2.32. The Labute approximate surface area is 117 Å². The molecule has 0 spiro atoms. The summed E-state index contributed by atoms with van der Waals surface area (Å²) in [6.45, 7) is 6.14. The molecule has 1 aliphatic rings. The zero-order valence-electron chi connectivity index (χ0n) is 10.8. The third kappa shape index (κ3) is 2.85. The zero-order chi connectivity index (χ0) is 13.1. The standard InChI is InChI=1S/C14H18BrN3/c1-10-7-12(15)3-4-14(10)18-9-11(2)17-8-13(18)5-6-16/h3-4,7,11,13,17H,5,8-9H2,1-2H3. The molecule has 2 unspecified atom stereocenters. The van der Waals surface area contributed by atoms with E-state index < -0.39 is 0 Å². The first-order valence-corrected chi connectivity index (χ1v) is 7.04. The molecule has 1 heterocycles. The van der Waals surface area contributed by atoms with Gasteiger partial charge in [0, 0.05) is 29.3 Å². The van der Waals surface area contributed by atoms with Crippen molar-refractivity contribution in [1.82, 2.24) is 5.32 Å². The van der Waals surface area contributed by atoms with Crippen molar-refractivity contribution < 1.29 is 0 Å². The van der Waals surface area contributed by atoms with Crippen LogP contribution in [0.4, 0.5) is 5.69 Å². The zero-order valence-corrected chi connectivity index (χ0v) is 12.4. The summed E-state index contributed by atoms with van der Waals surface area (Å²) in [6, 6.07) is 9.36. The Morgan fingerprint density at radius 3 is 3.00 bits per heavy atom. The molecule has 1 fully saturated rings. The lowest BCUT2D eigenvalue weighted by atomic mass is 10.0. The monoisotopic (exact) mass is 307 g/mol. The van der Waals surface area contributed by atoms with Crippen LogP contribution in [-0.2, 0) is 0 Å². The fraction of sp³-hybridized carbons (Fsp3) is 0.500. The Morgan fingerprint density at radius 2 is 2.33 bits per heavy atom. The first-order chi connectivity index (χ1) is 8.61. The molecule has 0 aliphatic carbocycles. The lowest BCUT2D eigenvalue weighted by Crippen LogP contribution is -2.55. The van der Waals surface area contributed by atoms with Gasteiger partial charge in [-0.3, -0.25) is 0 Å². The first-order valence-electron chi connectivity index (χ1n) is 6.25. The van der Waals surface area contributed by atoms with E-state index in [4.69, 9.17) is 5.26 Å². The lowest BCUT2D eigenvalue weighted by Gasteiger charge is -2.40. The second-order valence-electron chi connectivity index (χ2n) is 4.91. The Morgan fingerprint density at radius 1 is 1.56 bits per heavy atom. The predicted octanol–water partition coefficient (Wildman–Crippen LogP) is 2.84. The highest BCUT2D eigenvalue weighted by Gasteiger charge is 2.26. The minimum absolute atomic E-state index is 0.270. The second-order valence-corrected chi connectivity index (χ2v) is 5.82. The van der Waals surface area contributed by atoms with Crippen LogP contribution >= 0.6 is 15.9 Å². The number of nitriles is 1. The summed E-state index contributed by atoms with van der Waals surface area (Å²) in [5.74, 6) is 0. The maximum Gasteiger partial charge on any atom is 0.0643 e. The molecule has 2 rings (SSSR count). The van der Waals surface area contributed by atoms with Crippen LogP contribution in [0.15, 0.2) is 22.7 Å². The molecule has 0 saturated carbocycles. The van der Waals surface area contributed by atoms with E-state index in [0.717, 1.165) is 17.6 Å². The van der Waals surface area contributed by atoms with Gasteiger partial charge in [-0.05, 0) is 37.6 Å². The molecule has 0 radical (unpaired) electrons. The number of hydrogen-bond donors (Lipinski definition) is 1. The molecule has 18 heavy (non-hydrogen) atoms. The molecule has 1 saturated heterocycles. The molecule has 4 heteroatoms. The highest BCUT2D eigenvalue weighted by atomic mass is 79.9. The van der Waals surface area contributed by atoms with Crippen LogP contribution in [-0.4, -0.2) is 25.2 Å². The van der Waals surface area contributed by atoms with E-state index in [0.29, 0.717) is 12.5 Å². The summed E-state index contributed by atoms with van der Waals surface area (Å²) < 4.78 is 1.10. The summed E-state index contributed by atoms with van der Waals surface area (Å²) in [5, 5.41) is 12.4. The molecule has 1 aromatic rings.